The van der Waals surface area contributed by atoms with Crippen molar-refractivity contribution in [2.45, 2.75) is 0 Å². The van der Waals surface area contributed by atoms with Crippen molar-refractivity contribution in [1.29, 1.82) is 0 Å². The zero-order valence-electron chi connectivity index (χ0n) is 10.3. The third-order valence-electron chi connectivity index (χ3n) is 2.86. The van der Waals surface area contributed by atoms with Gasteiger partial charge in [-0.25, -0.2) is 13.8 Å². The molecule has 3 aromatic rings. The van der Waals surface area contributed by atoms with Gasteiger partial charge < -0.3 is 5.73 Å². The average molecular weight is 288 g/mol. The molecule has 0 amide bonds. The van der Waals surface area contributed by atoms with Crippen LogP contribution in [0, 0.1) is 11.6 Å². The Labute approximate surface area is 118 Å². The van der Waals surface area contributed by atoms with Gasteiger partial charge >= 0.3 is 0 Å². The van der Waals surface area contributed by atoms with Crippen molar-refractivity contribution in [3.8, 4) is 21.8 Å². The predicted molar refractivity (Wildman–Crippen MR) is 77.3 cm³/mol. The van der Waals surface area contributed by atoms with Gasteiger partial charge in [-0.05, 0) is 18.2 Å². The van der Waals surface area contributed by atoms with Crippen molar-refractivity contribution < 1.29 is 8.78 Å². The smallest absolute Gasteiger partial charge is 0.132 e. The molecule has 0 radical (unpaired) electrons. The van der Waals surface area contributed by atoms with Crippen LogP contribution in [0.1, 0.15) is 0 Å². The molecule has 0 aliphatic heterocycles. The number of nitrogen functional groups attached to an aromatic ring is 1. The SMILES string of the molecule is Nc1sc(-c2ccccc2)nc1-c1cc(F)ccc1F. The second-order valence-electron chi connectivity index (χ2n) is 4.22. The Balaban J connectivity index is 2.12. The number of anilines is 1. The van der Waals surface area contributed by atoms with Crippen molar-refractivity contribution in [3.05, 3.63) is 60.2 Å². The lowest BCUT2D eigenvalue weighted by Crippen LogP contribution is -1.91. The van der Waals surface area contributed by atoms with Crippen molar-refractivity contribution >= 4 is 16.3 Å². The Morgan fingerprint density at radius 3 is 2.50 bits per heavy atom. The van der Waals surface area contributed by atoms with Crippen LogP contribution in [0.25, 0.3) is 21.8 Å². The maximum atomic E-state index is 13.8. The number of aromatic nitrogens is 1. The van der Waals surface area contributed by atoms with Crippen molar-refractivity contribution in [2.75, 3.05) is 5.73 Å². The van der Waals surface area contributed by atoms with E-state index < -0.39 is 11.6 Å². The van der Waals surface area contributed by atoms with Gasteiger partial charge in [0.2, 0.25) is 0 Å². The highest BCUT2D eigenvalue weighted by molar-refractivity contribution is 7.19. The van der Waals surface area contributed by atoms with Gasteiger partial charge in [-0.2, -0.15) is 0 Å². The van der Waals surface area contributed by atoms with Gasteiger partial charge in [-0.3, -0.25) is 0 Å². The molecule has 0 spiro atoms. The zero-order chi connectivity index (χ0) is 14.1. The van der Waals surface area contributed by atoms with E-state index in [1.807, 2.05) is 30.3 Å². The molecule has 0 aliphatic rings. The van der Waals surface area contributed by atoms with Crippen LogP contribution in [-0.2, 0) is 0 Å². The van der Waals surface area contributed by atoms with E-state index in [1.165, 1.54) is 11.3 Å². The number of hydrogen-bond donors (Lipinski definition) is 1. The van der Waals surface area contributed by atoms with E-state index in [9.17, 15) is 8.78 Å². The molecule has 0 bridgehead atoms. The number of nitrogens with zero attached hydrogens (tertiary/aromatic N) is 1. The van der Waals surface area contributed by atoms with Crippen molar-refractivity contribution in [1.82, 2.24) is 4.98 Å². The van der Waals surface area contributed by atoms with Crippen molar-refractivity contribution in [3.63, 3.8) is 0 Å². The van der Waals surface area contributed by atoms with Crippen LogP contribution < -0.4 is 5.73 Å². The number of nitrogens with two attached hydrogens (primary N) is 1. The number of thiazole rings is 1. The number of benzene rings is 2. The van der Waals surface area contributed by atoms with E-state index in [1.54, 1.807) is 0 Å². The van der Waals surface area contributed by atoms with Gasteiger partial charge in [0.25, 0.3) is 0 Å². The molecule has 0 unspecified atom stereocenters. The van der Waals surface area contributed by atoms with Crippen LogP contribution in [-0.4, -0.2) is 4.98 Å². The molecule has 2 nitrogen and oxygen atoms in total. The molecule has 2 N–H and O–H groups in total. The summed E-state index contributed by atoms with van der Waals surface area (Å²) in [5.41, 5.74) is 7.16. The molecular formula is C15H10F2N2S. The molecule has 5 heteroatoms. The van der Waals surface area contributed by atoms with Crippen LogP contribution in [0.4, 0.5) is 13.8 Å². The first-order chi connectivity index (χ1) is 9.65. The fourth-order valence-electron chi connectivity index (χ4n) is 1.91. The summed E-state index contributed by atoms with van der Waals surface area (Å²) in [6.45, 7) is 0. The molecule has 1 aromatic heterocycles. The van der Waals surface area contributed by atoms with Gasteiger partial charge in [0.1, 0.15) is 27.3 Å². The molecule has 0 atom stereocenters. The first kappa shape index (κ1) is 12.7. The second-order valence-corrected chi connectivity index (χ2v) is 5.25. The lowest BCUT2D eigenvalue weighted by atomic mass is 10.1. The largest absolute Gasteiger partial charge is 0.389 e. The fourth-order valence-corrected chi connectivity index (χ4v) is 2.76. The molecular weight excluding hydrogens is 278 g/mol. The summed E-state index contributed by atoms with van der Waals surface area (Å²) < 4.78 is 27.1. The molecule has 0 fully saturated rings. The Morgan fingerprint density at radius 2 is 1.75 bits per heavy atom. The van der Waals surface area contributed by atoms with Gasteiger partial charge in [0.15, 0.2) is 0 Å². The van der Waals surface area contributed by atoms with E-state index in [0.29, 0.717) is 10.0 Å². The molecule has 100 valence electrons. The third kappa shape index (κ3) is 2.28. The second kappa shape index (κ2) is 5.02. The molecule has 0 saturated heterocycles. The van der Waals surface area contributed by atoms with Gasteiger partial charge in [-0.15, -0.1) is 0 Å². The normalized spacial score (nSPS) is 10.7. The molecule has 1 heterocycles. The Kier molecular flexibility index (Phi) is 3.20. The predicted octanol–water partition coefficient (Wildman–Crippen LogP) is 4.34. The van der Waals surface area contributed by atoms with Gasteiger partial charge in [-0.1, -0.05) is 41.7 Å². The summed E-state index contributed by atoms with van der Waals surface area (Å²) >= 11 is 1.25. The Hall–Kier alpha value is -2.27. The maximum Gasteiger partial charge on any atom is 0.132 e. The van der Waals surface area contributed by atoms with E-state index >= 15 is 0 Å². The van der Waals surface area contributed by atoms with Crippen molar-refractivity contribution in [2.24, 2.45) is 0 Å². The lowest BCUT2D eigenvalue weighted by molar-refractivity contribution is 0.603. The van der Waals surface area contributed by atoms with E-state index in [0.717, 1.165) is 23.8 Å². The molecule has 0 aliphatic carbocycles. The third-order valence-corrected chi connectivity index (χ3v) is 3.79. The monoisotopic (exact) mass is 288 g/mol. The summed E-state index contributed by atoms with van der Waals surface area (Å²) in [6, 6.07) is 12.7. The van der Waals surface area contributed by atoms with Gasteiger partial charge in [0, 0.05) is 11.1 Å². The number of rotatable bonds is 2. The minimum absolute atomic E-state index is 0.0842. The highest BCUT2D eigenvalue weighted by atomic mass is 32.1. The summed E-state index contributed by atoms with van der Waals surface area (Å²) in [6.07, 6.45) is 0. The number of hydrogen-bond acceptors (Lipinski definition) is 3. The first-order valence-electron chi connectivity index (χ1n) is 5.92. The average Bonchev–Trinajstić information content (AvgIpc) is 2.84. The van der Waals surface area contributed by atoms with Crippen LogP contribution in [0.15, 0.2) is 48.5 Å². The highest BCUT2D eigenvalue weighted by Crippen LogP contribution is 2.36. The quantitative estimate of drug-likeness (QED) is 0.762. The Morgan fingerprint density at radius 1 is 1.00 bits per heavy atom. The topological polar surface area (TPSA) is 38.9 Å². The first-order valence-corrected chi connectivity index (χ1v) is 6.74. The standard InChI is InChI=1S/C15H10F2N2S/c16-10-6-7-12(17)11(8-10)13-14(18)20-15(19-13)9-4-2-1-3-5-9/h1-8H,18H2. The Bertz CT molecular complexity index is 754. The summed E-state index contributed by atoms with van der Waals surface area (Å²) in [7, 11) is 0. The van der Waals surface area contributed by atoms with E-state index in [-0.39, 0.29) is 11.3 Å². The molecule has 2 aromatic carbocycles. The number of halogens is 2. The summed E-state index contributed by atoms with van der Waals surface area (Å²) in [5, 5.41) is 1.05. The summed E-state index contributed by atoms with van der Waals surface area (Å²) in [4.78, 5) is 4.34. The van der Waals surface area contributed by atoms with Crippen LogP contribution in [0.5, 0.6) is 0 Å². The summed E-state index contributed by atoms with van der Waals surface area (Å²) in [5.74, 6) is -1.06. The van der Waals surface area contributed by atoms with Crippen LogP contribution in [0.2, 0.25) is 0 Å². The highest BCUT2D eigenvalue weighted by Gasteiger charge is 2.16. The molecule has 0 saturated carbocycles. The lowest BCUT2D eigenvalue weighted by Gasteiger charge is -2.00. The van der Waals surface area contributed by atoms with Crippen LogP contribution in [0.3, 0.4) is 0 Å². The minimum Gasteiger partial charge on any atom is -0.389 e. The minimum atomic E-state index is -0.539. The molecule has 3 rings (SSSR count). The van der Waals surface area contributed by atoms with E-state index in [2.05, 4.69) is 4.98 Å². The van der Waals surface area contributed by atoms with Crippen LogP contribution >= 0.6 is 11.3 Å². The van der Waals surface area contributed by atoms with Gasteiger partial charge in [0.05, 0.1) is 0 Å². The van der Waals surface area contributed by atoms with E-state index in [4.69, 9.17) is 5.73 Å². The molecule has 20 heavy (non-hydrogen) atoms. The fraction of sp³-hybridized carbons (Fsp3) is 0. The zero-order valence-corrected chi connectivity index (χ0v) is 11.1. The maximum absolute atomic E-state index is 13.8.